The van der Waals surface area contributed by atoms with E-state index < -0.39 is 0 Å². The minimum atomic E-state index is -0.365. The summed E-state index contributed by atoms with van der Waals surface area (Å²) >= 11 is 0. The van der Waals surface area contributed by atoms with Crippen molar-refractivity contribution in [2.45, 2.75) is 58.3 Å². The molecule has 0 saturated heterocycles. The van der Waals surface area contributed by atoms with Crippen LogP contribution in [-0.2, 0) is 10.8 Å². The minimum Gasteiger partial charge on any atom is -0.258 e. The molecule has 26 heavy (non-hydrogen) atoms. The highest BCUT2D eigenvalue weighted by Crippen LogP contribution is 2.46. The highest BCUT2D eigenvalue weighted by atomic mass is 16.6. The third kappa shape index (κ3) is 3.44. The van der Waals surface area contributed by atoms with Crippen molar-refractivity contribution in [1.82, 2.24) is 0 Å². The first-order chi connectivity index (χ1) is 12.1. The lowest BCUT2D eigenvalue weighted by atomic mass is 9.63. The van der Waals surface area contributed by atoms with Gasteiger partial charge in [0.25, 0.3) is 5.69 Å². The Morgan fingerprint density at radius 3 is 2.12 bits per heavy atom. The molecule has 0 atom stereocenters. The quantitative estimate of drug-likeness (QED) is 0.360. The third-order valence-corrected chi connectivity index (χ3v) is 5.79. The summed E-state index contributed by atoms with van der Waals surface area (Å²) in [5.74, 6) is 0. The maximum absolute atomic E-state index is 10.8. The molecule has 1 aliphatic rings. The van der Waals surface area contributed by atoms with Gasteiger partial charge in [-0.1, -0.05) is 52.0 Å². The summed E-state index contributed by atoms with van der Waals surface area (Å²) in [5.41, 5.74) is 6.74. The molecule has 136 valence electrons. The molecular weight excluding hydrogens is 322 g/mol. The van der Waals surface area contributed by atoms with E-state index in [2.05, 4.69) is 58.9 Å². The molecule has 0 N–H and O–H groups in total. The van der Waals surface area contributed by atoms with Gasteiger partial charge in [0.15, 0.2) is 0 Å². The summed E-state index contributed by atoms with van der Waals surface area (Å²) in [5, 5.41) is 10.8. The van der Waals surface area contributed by atoms with Gasteiger partial charge in [0.05, 0.1) is 4.92 Å². The molecule has 0 aromatic heterocycles. The van der Waals surface area contributed by atoms with Crippen LogP contribution in [0.2, 0.25) is 0 Å². The van der Waals surface area contributed by atoms with E-state index in [9.17, 15) is 10.1 Å². The van der Waals surface area contributed by atoms with Gasteiger partial charge in [0.2, 0.25) is 0 Å². The Bertz CT molecular complexity index is 874. The van der Waals surface area contributed by atoms with Crippen molar-refractivity contribution >= 4 is 17.3 Å². The monoisotopic (exact) mass is 349 g/mol. The van der Waals surface area contributed by atoms with Crippen molar-refractivity contribution in [2.24, 2.45) is 0 Å². The lowest BCUT2D eigenvalue weighted by Gasteiger charge is -2.42. The number of nitro groups is 1. The zero-order chi connectivity index (χ0) is 19.1. The number of hydrogen-bond donors (Lipinski definition) is 0. The molecule has 1 aliphatic carbocycles. The Labute approximate surface area is 155 Å². The molecule has 0 saturated carbocycles. The second kappa shape index (κ2) is 6.39. The SMILES string of the molecule is CC(=Cc1ccc2c(c1)C(C)(C)CCC2(C)C)c1ccc([N+](=O)[O-])cc1. The Hall–Kier alpha value is -2.42. The van der Waals surface area contributed by atoms with E-state index in [0.29, 0.717) is 0 Å². The minimum absolute atomic E-state index is 0.124. The van der Waals surface area contributed by atoms with E-state index in [-0.39, 0.29) is 21.4 Å². The normalized spacial score (nSPS) is 18.3. The van der Waals surface area contributed by atoms with Gasteiger partial charge >= 0.3 is 0 Å². The molecule has 3 nitrogen and oxygen atoms in total. The van der Waals surface area contributed by atoms with Gasteiger partial charge < -0.3 is 0 Å². The van der Waals surface area contributed by atoms with Crippen LogP contribution in [0.5, 0.6) is 0 Å². The predicted octanol–water partition coefficient (Wildman–Crippen LogP) is 6.50. The standard InChI is InChI=1S/C23H27NO2/c1-16(18-7-9-19(10-8-18)24(25)26)14-17-6-11-20-21(15-17)23(4,5)13-12-22(20,2)3/h6-11,14-15H,12-13H2,1-5H3. The summed E-state index contributed by atoms with van der Waals surface area (Å²) in [6, 6.07) is 13.5. The van der Waals surface area contributed by atoms with E-state index >= 15 is 0 Å². The number of nitrogens with zero attached hydrogens (tertiary/aromatic N) is 1. The maximum atomic E-state index is 10.8. The van der Waals surface area contributed by atoms with Crippen LogP contribution in [0.4, 0.5) is 5.69 Å². The number of benzene rings is 2. The summed E-state index contributed by atoms with van der Waals surface area (Å²) in [4.78, 5) is 10.4. The Kier molecular flexibility index (Phi) is 4.51. The van der Waals surface area contributed by atoms with E-state index in [1.54, 1.807) is 12.1 Å². The first-order valence-corrected chi connectivity index (χ1v) is 9.18. The highest BCUT2D eigenvalue weighted by Gasteiger charge is 2.36. The van der Waals surface area contributed by atoms with Crippen LogP contribution in [0.1, 0.15) is 69.7 Å². The lowest BCUT2D eigenvalue weighted by Crippen LogP contribution is -2.33. The second-order valence-electron chi connectivity index (χ2n) is 8.70. The van der Waals surface area contributed by atoms with Gasteiger partial charge in [-0.15, -0.1) is 0 Å². The first-order valence-electron chi connectivity index (χ1n) is 9.18. The van der Waals surface area contributed by atoms with Gasteiger partial charge in [-0.05, 0) is 70.6 Å². The van der Waals surface area contributed by atoms with Gasteiger partial charge in [0, 0.05) is 12.1 Å². The summed E-state index contributed by atoms with van der Waals surface area (Å²) in [6.45, 7) is 11.4. The van der Waals surface area contributed by atoms with E-state index in [1.807, 2.05) is 12.1 Å². The topological polar surface area (TPSA) is 43.1 Å². The molecule has 0 radical (unpaired) electrons. The fourth-order valence-electron chi connectivity index (χ4n) is 3.88. The van der Waals surface area contributed by atoms with Crippen molar-refractivity contribution < 1.29 is 4.92 Å². The van der Waals surface area contributed by atoms with Crippen LogP contribution in [0.15, 0.2) is 42.5 Å². The van der Waals surface area contributed by atoms with E-state index in [0.717, 1.165) is 11.1 Å². The Morgan fingerprint density at radius 2 is 1.54 bits per heavy atom. The molecule has 0 bridgehead atoms. The molecule has 0 unspecified atom stereocenters. The van der Waals surface area contributed by atoms with Crippen LogP contribution in [0.25, 0.3) is 11.6 Å². The van der Waals surface area contributed by atoms with Crippen molar-refractivity contribution in [2.75, 3.05) is 0 Å². The molecule has 0 heterocycles. The third-order valence-electron chi connectivity index (χ3n) is 5.79. The maximum Gasteiger partial charge on any atom is 0.269 e. The van der Waals surface area contributed by atoms with Gasteiger partial charge in [-0.25, -0.2) is 0 Å². The highest BCUT2D eigenvalue weighted by molar-refractivity contribution is 5.80. The average molecular weight is 349 g/mol. The van der Waals surface area contributed by atoms with Gasteiger partial charge in [0.1, 0.15) is 0 Å². The molecule has 0 aliphatic heterocycles. The van der Waals surface area contributed by atoms with Crippen molar-refractivity contribution in [3.63, 3.8) is 0 Å². The lowest BCUT2D eigenvalue weighted by molar-refractivity contribution is -0.384. The summed E-state index contributed by atoms with van der Waals surface area (Å²) < 4.78 is 0. The Morgan fingerprint density at radius 1 is 0.962 bits per heavy atom. The average Bonchev–Trinajstić information content (AvgIpc) is 2.59. The number of hydrogen-bond acceptors (Lipinski definition) is 2. The molecule has 0 spiro atoms. The second-order valence-corrected chi connectivity index (χ2v) is 8.70. The summed E-state index contributed by atoms with van der Waals surface area (Å²) in [6.07, 6.45) is 4.57. The van der Waals surface area contributed by atoms with E-state index in [4.69, 9.17) is 0 Å². The van der Waals surface area contributed by atoms with Crippen LogP contribution < -0.4 is 0 Å². The fraction of sp³-hybridized carbons (Fsp3) is 0.391. The Balaban J connectivity index is 1.97. The van der Waals surface area contributed by atoms with Crippen molar-refractivity contribution in [1.29, 1.82) is 0 Å². The van der Waals surface area contributed by atoms with Crippen LogP contribution in [0.3, 0.4) is 0 Å². The molecule has 0 fully saturated rings. The molecule has 0 amide bonds. The molecule has 3 rings (SSSR count). The number of allylic oxidation sites excluding steroid dienone is 1. The number of nitro benzene ring substituents is 1. The molecule has 3 heteroatoms. The number of fused-ring (bicyclic) bond motifs is 1. The summed E-state index contributed by atoms with van der Waals surface area (Å²) in [7, 11) is 0. The smallest absolute Gasteiger partial charge is 0.258 e. The van der Waals surface area contributed by atoms with Gasteiger partial charge in [-0.2, -0.15) is 0 Å². The predicted molar refractivity (Wildman–Crippen MR) is 108 cm³/mol. The molecule has 2 aromatic rings. The zero-order valence-corrected chi connectivity index (χ0v) is 16.3. The fourth-order valence-corrected chi connectivity index (χ4v) is 3.88. The van der Waals surface area contributed by atoms with Crippen LogP contribution in [0, 0.1) is 10.1 Å². The zero-order valence-electron chi connectivity index (χ0n) is 16.3. The first kappa shape index (κ1) is 18.4. The van der Waals surface area contributed by atoms with Gasteiger partial charge in [-0.3, -0.25) is 10.1 Å². The molecular formula is C23H27NO2. The van der Waals surface area contributed by atoms with E-state index in [1.165, 1.54) is 29.5 Å². The number of rotatable bonds is 3. The largest absolute Gasteiger partial charge is 0.269 e. The van der Waals surface area contributed by atoms with Crippen molar-refractivity contribution in [3.8, 4) is 0 Å². The van der Waals surface area contributed by atoms with Crippen LogP contribution >= 0.6 is 0 Å². The van der Waals surface area contributed by atoms with Crippen LogP contribution in [-0.4, -0.2) is 4.92 Å². The number of non-ortho nitro benzene ring substituents is 1. The van der Waals surface area contributed by atoms with Crippen molar-refractivity contribution in [3.05, 3.63) is 74.8 Å². The molecule has 2 aromatic carbocycles.